The Kier molecular flexibility index (Phi) is 2.54. The Balaban J connectivity index is 2.60. The fourth-order valence-corrected chi connectivity index (χ4v) is 2.43. The Labute approximate surface area is 68.4 Å². The number of sulfonamides is 1. The summed E-state index contributed by atoms with van der Waals surface area (Å²) < 4.78 is 23.7. The van der Waals surface area contributed by atoms with E-state index in [-0.39, 0.29) is 0 Å². The van der Waals surface area contributed by atoms with Gasteiger partial charge in [-0.15, -0.1) is 0 Å². The first-order chi connectivity index (χ1) is 5.00. The summed E-state index contributed by atoms with van der Waals surface area (Å²) in [7, 11) is -2.93. The Morgan fingerprint density at radius 1 is 1.45 bits per heavy atom. The van der Waals surface area contributed by atoms with Crippen LogP contribution in [0.3, 0.4) is 0 Å². The first kappa shape index (κ1) is 9.00. The summed E-state index contributed by atoms with van der Waals surface area (Å²) in [6, 6.07) is 0. The second kappa shape index (κ2) is 3.11. The summed E-state index contributed by atoms with van der Waals surface area (Å²) in [6.45, 7) is 3.51. The average Bonchev–Trinajstić information content (AvgIpc) is 1.86. The molecule has 0 aromatic rings. The molecule has 1 fully saturated rings. The molecule has 0 saturated carbocycles. The van der Waals surface area contributed by atoms with E-state index in [0.717, 1.165) is 12.8 Å². The normalized spacial score (nSPS) is 28.7. The summed E-state index contributed by atoms with van der Waals surface area (Å²) in [5.74, 6) is 0.526. The van der Waals surface area contributed by atoms with E-state index in [1.807, 2.05) is 0 Å². The van der Waals surface area contributed by atoms with Gasteiger partial charge in [0, 0.05) is 13.1 Å². The highest BCUT2D eigenvalue weighted by molar-refractivity contribution is 7.88. The number of rotatable bonds is 1. The van der Waals surface area contributed by atoms with Gasteiger partial charge in [0.1, 0.15) is 0 Å². The SMILES string of the molecule is CC1CCCN(S(C)(=O)=O)C1. The number of nitrogens with zero attached hydrogens (tertiary/aromatic N) is 1. The van der Waals surface area contributed by atoms with Crippen LogP contribution in [-0.4, -0.2) is 32.1 Å². The maximum absolute atomic E-state index is 11.1. The first-order valence-corrected chi connectivity index (χ1v) is 5.80. The maximum atomic E-state index is 11.1. The minimum Gasteiger partial charge on any atom is -0.213 e. The highest BCUT2D eigenvalue weighted by atomic mass is 32.2. The predicted octanol–water partition coefficient (Wildman–Crippen LogP) is 0.678. The number of hydrogen-bond acceptors (Lipinski definition) is 2. The molecule has 11 heavy (non-hydrogen) atoms. The van der Waals surface area contributed by atoms with Crippen molar-refractivity contribution in [1.29, 1.82) is 0 Å². The van der Waals surface area contributed by atoms with Crippen molar-refractivity contribution in [1.82, 2.24) is 4.31 Å². The third kappa shape index (κ3) is 2.45. The van der Waals surface area contributed by atoms with Crippen molar-refractivity contribution in [2.75, 3.05) is 19.3 Å². The maximum Gasteiger partial charge on any atom is 0.211 e. The molecule has 1 saturated heterocycles. The van der Waals surface area contributed by atoms with Crippen molar-refractivity contribution in [3.8, 4) is 0 Å². The van der Waals surface area contributed by atoms with Crippen LogP contribution in [0.2, 0.25) is 0 Å². The Bertz CT molecular complexity index is 223. The lowest BCUT2D eigenvalue weighted by Gasteiger charge is -2.28. The van der Waals surface area contributed by atoms with Crippen molar-refractivity contribution < 1.29 is 8.42 Å². The highest BCUT2D eigenvalue weighted by Crippen LogP contribution is 2.17. The lowest BCUT2D eigenvalue weighted by Crippen LogP contribution is -2.38. The van der Waals surface area contributed by atoms with Crippen LogP contribution in [-0.2, 0) is 10.0 Å². The van der Waals surface area contributed by atoms with Crippen LogP contribution < -0.4 is 0 Å². The predicted molar refractivity (Wildman–Crippen MR) is 44.8 cm³/mol. The molecule has 1 rings (SSSR count). The van der Waals surface area contributed by atoms with Crippen LogP contribution in [0.4, 0.5) is 0 Å². The van der Waals surface area contributed by atoms with E-state index in [2.05, 4.69) is 6.92 Å². The molecule has 1 aliphatic heterocycles. The summed E-state index contributed by atoms with van der Waals surface area (Å²) in [4.78, 5) is 0. The Hall–Kier alpha value is -0.0900. The molecule has 1 heterocycles. The number of hydrogen-bond donors (Lipinski definition) is 0. The summed E-state index contributed by atoms with van der Waals surface area (Å²) >= 11 is 0. The molecule has 1 atom stereocenters. The van der Waals surface area contributed by atoms with Crippen LogP contribution >= 0.6 is 0 Å². The highest BCUT2D eigenvalue weighted by Gasteiger charge is 2.22. The molecular weight excluding hydrogens is 162 g/mol. The van der Waals surface area contributed by atoms with Gasteiger partial charge in [0.2, 0.25) is 10.0 Å². The molecule has 1 unspecified atom stereocenters. The lowest BCUT2D eigenvalue weighted by atomic mass is 10.0. The van der Waals surface area contributed by atoms with Gasteiger partial charge in [-0.3, -0.25) is 0 Å². The van der Waals surface area contributed by atoms with Crippen molar-refractivity contribution in [3.05, 3.63) is 0 Å². The van der Waals surface area contributed by atoms with Gasteiger partial charge in [0.25, 0.3) is 0 Å². The molecule has 0 radical (unpaired) electrons. The lowest BCUT2D eigenvalue weighted by molar-refractivity contribution is 0.283. The van der Waals surface area contributed by atoms with Gasteiger partial charge in [0.15, 0.2) is 0 Å². The van der Waals surface area contributed by atoms with Crippen molar-refractivity contribution in [3.63, 3.8) is 0 Å². The second-order valence-corrected chi connectivity index (χ2v) is 5.35. The molecule has 4 heteroatoms. The minimum absolute atomic E-state index is 0.526. The molecule has 0 aromatic heterocycles. The smallest absolute Gasteiger partial charge is 0.211 e. The zero-order valence-corrected chi connectivity index (χ0v) is 7.89. The molecule has 3 nitrogen and oxygen atoms in total. The first-order valence-electron chi connectivity index (χ1n) is 3.95. The van der Waals surface area contributed by atoms with Crippen molar-refractivity contribution in [2.45, 2.75) is 19.8 Å². The van der Waals surface area contributed by atoms with E-state index >= 15 is 0 Å². The van der Waals surface area contributed by atoms with E-state index < -0.39 is 10.0 Å². The third-order valence-corrected chi connectivity index (χ3v) is 3.36. The van der Waals surface area contributed by atoms with Crippen LogP contribution in [0, 0.1) is 5.92 Å². The third-order valence-electron chi connectivity index (χ3n) is 2.09. The topological polar surface area (TPSA) is 37.4 Å². The van der Waals surface area contributed by atoms with Crippen molar-refractivity contribution in [2.24, 2.45) is 5.92 Å². The number of piperidine rings is 1. The monoisotopic (exact) mass is 177 g/mol. The van der Waals surface area contributed by atoms with Crippen LogP contribution in [0.25, 0.3) is 0 Å². The van der Waals surface area contributed by atoms with E-state index in [9.17, 15) is 8.42 Å². The molecule has 1 aliphatic rings. The fourth-order valence-electron chi connectivity index (χ4n) is 1.45. The molecule has 0 aliphatic carbocycles. The fraction of sp³-hybridized carbons (Fsp3) is 1.00. The van der Waals surface area contributed by atoms with Gasteiger partial charge in [0.05, 0.1) is 6.26 Å². The van der Waals surface area contributed by atoms with Gasteiger partial charge in [-0.2, -0.15) is 0 Å². The van der Waals surface area contributed by atoms with Crippen LogP contribution in [0.5, 0.6) is 0 Å². The van der Waals surface area contributed by atoms with E-state index in [0.29, 0.717) is 19.0 Å². The summed E-state index contributed by atoms with van der Waals surface area (Å²) in [5, 5.41) is 0. The largest absolute Gasteiger partial charge is 0.213 e. The zero-order chi connectivity index (χ0) is 8.48. The van der Waals surface area contributed by atoms with Gasteiger partial charge >= 0.3 is 0 Å². The molecule has 0 spiro atoms. The standard InChI is InChI=1S/C7H15NO2S/c1-7-4-3-5-8(6-7)11(2,9)10/h7H,3-6H2,1-2H3. The Morgan fingerprint density at radius 2 is 2.09 bits per heavy atom. The summed E-state index contributed by atoms with van der Waals surface area (Å²) in [5.41, 5.74) is 0. The van der Waals surface area contributed by atoms with Gasteiger partial charge < -0.3 is 0 Å². The zero-order valence-electron chi connectivity index (χ0n) is 7.08. The van der Waals surface area contributed by atoms with Crippen LogP contribution in [0.15, 0.2) is 0 Å². The van der Waals surface area contributed by atoms with Gasteiger partial charge in [-0.1, -0.05) is 6.92 Å². The molecular formula is C7H15NO2S. The van der Waals surface area contributed by atoms with Crippen molar-refractivity contribution >= 4 is 10.0 Å². The minimum atomic E-state index is -2.93. The summed E-state index contributed by atoms with van der Waals surface area (Å²) in [6.07, 6.45) is 3.45. The van der Waals surface area contributed by atoms with Gasteiger partial charge in [-0.25, -0.2) is 12.7 Å². The van der Waals surface area contributed by atoms with E-state index in [1.165, 1.54) is 6.26 Å². The molecule has 0 aromatic carbocycles. The second-order valence-electron chi connectivity index (χ2n) is 3.37. The molecule has 0 amide bonds. The molecule has 0 bridgehead atoms. The Morgan fingerprint density at radius 3 is 2.45 bits per heavy atom. The molecule has 66 valence electrons. The van der Waals surface area contributed by atoms with E-state index in [4.69, 9.17) is 0 Å². The molecule has 0 N–H and O–H groups in total. The average molecular weight is 177 g/mol. The van der Waals surface area contributed by atoms with E-state index in [1.54, 1.807) is 4.31 Å². The van der Waals surface area contributed by atoms with Crippen LogP contribution in [0.1, 0.15) is 19.8 Å². The quantitative estimate of drug-likeness (QED) is 0.590. The van der Waals surface area contributed by atoms with Gasteiger partial charge in [-0.05, 0) is 18.8 Å².